The highest BCUT2D eigenvalue weighted by Crippen LogP contribution is 2.31. The average Bonchev–Trinajstić information content (AvgIpc) is 2.51. The first-order valence-corrected chi connectivity index (χ1v) is 7.57. The molecule has 0 aliphatic rings. The largest absolute Gasteiger partial charge is 0.398 e. The van der Waals surface area contributed by atoms with Gasteiger partial charge in [-0.25, -0.2) is 4.98 Å². The molecule has 4 heteroatoms. The highest BCUT2D eigenvalue weighted by atomic mass is 32.2. The predicted octanol–water partition coefficient (Wildman–Crippen LogP) is 3.91. The van der Waals surface area contributed by atoms with Crippen LogP contribution in [0, 0.1) is 6.92 Å². The Hall–Kier alpha value is -2.07. The third kappa shape index (κ3) is 2.12. The van der Waals surface area contributed by atoms with Crippen molar-refractivity contribution in [3.05, 3.63) is 48.3 Å². The first-order valence-electron chi connectivity index (χ1n) is 6.35. The van der Waals surface area contributed by atoms with Crippen molar-refractivity contribution in [1.82, 2.24) is 9.97 Å². The molecular formula is C16H15N3S. The van der Waals surface area contributed by atoms with Crippen LogP contribution in [0.4, 0.5) is 5.69 Å². The van der Waals surface area contributed by atoms with Gasteiger partial charge in [-0.05, 0) is 30.9 Å². The molecule has 0 fully saturated rings. The van der Waals surface area contributed by atoms with Crippen molar-refractivity contribution in [3.63, 3.8) is 0 Å². The molecule has 1 aromatic carbocycles. The zero-order chi connectivity index (χ0) is 14.1. The monoisotopic (exact) mass is 281 g/mol. The second-order valence-electron chi connectivity index (χ2n) is 4.63. The Balaban J connectivity index is 2.28. The van der Waals surface area contributed by atoms with Crippen LogP contribution in [0.2, 0.25) is 0 Å². The van der Waals surface area contributed by atoms with Gasteiger partial charge in [-0.1, -0.05) is 18.2 Å². The molecule has 0 saturated heterocycles. The fourth-order valence-electron chi connectivity index (χ4n) is 2.27. The normalized spacial score (nSPS) is 10.9. The molecule has 3 rings (SSSR count). The minimum absolute atomic E-state index is 0.792. The minimum atomic E-state index is 0.792. The van der Waals surface area contributed by atoms with Crippen molar-refractivity contribution in [2.45, 2.75) is 11.8 Å². The number of anilines is 1. The number of fused-ring (bicyclic) bond motifs is 1. The number of benzene rings is 1. The fourth-order valence-corrected chi connectivity index (χ4v) is 2.68. The van der Waals surface area contributed by atoms with Crippen molar-refractivity contribution in [1.29, 1.82) is 0 Å². The van der Waals surface area contributed by atoms with E-state index in [1.165, 1.54) is 0 Å². The summed E-state index contributed by atoms with van der Waals surface area (Å²) < 4.78 is 0. The van der Waals surface area contributed by atoms with Crippen LogP contribution >= 0.6 is 11.8 Å². The number of nitrogens with zero attached hydrogens (tertiary/aromatic N) is 2. The van der Waals surface area contributed by atoms with E-state index in [9.17, 15) is 0 Å². The second kappa shape index (κ2) is 5.13. The van der Waals surface area contributed by atoms with Crippen LogP contribution in [0.25, 0.3) is 22.2 Å². The molecule has 0 amide bonds. The molecule has 3 aromatic rings. The van der Waals surface area contributed by atoms with Gasteiger partial charge in [0.15, 0.2) is 0 Å². The van der Waals surface area contributed by atoms with Crippen LogP contribution < -0.4 is 5.73 Å². The molecule has 0 aliphatic carbocycles. The second-order valence-corrected chi connectivity index (χ2v) is 5.51. The summed E-state index contributed by atoms with van der Waals surface area (Å²) in [5.41, 5.74) is 10.9. The van der Waals surface area contributed by atoms with Gasteiger partial charge in [0.25, 0.3) is 0 Å². The van der Waals surface area contributed by atoms with Gasteiger partial charge in [-0.15, -0.1) is 11.8 Å². The van der Waals surface area contributed by atoms with Crippen molar-refractivity contribution in [2.24, 2.45) is 0 Å². The third-order valence-electron chi connectivity index (χ3n) is 3.41. The molecule has 0 unspecified atom stereocenters. The average molecular weight is 281 g/mol. The minimum Gasteiger partial charge on any atom is -0.398 e. The number of thioether (sulfide) groups is 1. The zero-order valence-electron chi connectivity index (χ0n) is 11.4. The van der Waals surface area contributed by atoms with Crippen LogP contribution in [-0.2, 0) is 0 Å². The SMILES string of the molecule is CSc1cncc(-c2nc3ccccc3c(N)c2C)c1. The highest BCUT2D eigenvalue weighted by molar-refractivity contribution is 7.98. The molecule has 0 aliphatic heterocycles. The van der Waals surface area contributed by atoms with E-state index in [1.54, 1.807) is 11.8 Å². The lowest BCUT2D eigenvalue weighted by atomic mass is 10.0. The summed E-state index contributed by atoms with van der Waals surface area (Å²) in [6, 6.07) is 10.0. The van der Waals surface area contributed by atoms with Gasteiger partial charge in [0.1, 0.15) is 0 Å². The van der Waals surface area contributed by atoms with E-state index in [0.717, 1.165) is 38.3 Å². The summed E-state index contributed by atoms with van der Waals surface area (Å²) in [5, 5.41) is 1.00. The maximum Gasteiger partial charge on any atom is 0.0775 e. The van der Waals surface area contributed by atoms with Crippen LogP contribution in [0.5, 0.6) is 0 Å². The van der Waals surface area contributed by atoms with Gasteiger partial charge in [-0.2, -0.15) is 0 Å². The molecule has 0 spiro atoms. The van der Waals surface area contributed by atoms with Crippen LogP contribution in [0.1, 0.15) is 5.56 Å². The molecular weight excluding hydrogens is 266 g/mol. The first-order chi connectivity index (χ1) is 9.70. The number of para-hydroxylation sites is 1. The van der Waals surface area contributed by atoms with E-state index >= 15 is 0 Å². The number of pyridine rings is 2. The van der Waals surface area contributed by atoms with E-state index in [0.29, 0.717) is 0 Å². The van der Waals surface area contributed by atoms with Gasteiger partial charge >= 0.3 is 0 Å². The summed E-state index contributed by atoms with van der Waals surface area (Å²) >= 11 is 1.67. The Morgan fingerprint density at radius 3 is 2.75 bits per heavy atom. The molecule has 0 atom stereocenters. The number of hydrogen-bond donors (Lipinski definition) is 1. The van der Waals surface area contributed by atoms with Crippen LogP contribution in [0.3, 0.4) is 0 Å². The van der Waals surface area contributed by atoms with E-state index in [2.05, 4.69) is 11.1 Å². The van der Waals surface area contributed by atoms with Crippen molar-refractivity contribution < 1.29 is 0 Å². The van der Waals surface area contributed by atoms with E-state index < -0.39 is 0 Å². The van der Waals surface area contributed by atoms with Crippen LogP contribution in [-0.4, -0.2) is 16.2 Å². The van der Waals surface area contributed by atoms with Gasteiger partial charge in [0, 0.05) is 33.9 Å². The third-order valence-corrected chi connectivity index (χ3v) is 4.10. The Morgan fingerprint density at radius 2 is 1.95 bits per heavy atom. The van der Waals surface area contributed by atoms with E-state index in [4.69, 9.17) is 10.7 Å². The van der Waals surface area contributed by atoms with Gasteiger partial charge in [-0.3, -0.25) is 4.98 Å². The molecule has 0 saturated carbocycles. The maximum absolute atomic E-state index is 6.26. The van der Waals surface area contributed by atoms with Crippen molar-refractivity contribution in [3.8, 4) is 11.3 Å². The lowest BCUT2D eigenvalue weighted by Gasteiger charge is -2.11. The molecule has 2 aromatic heterocycles. The van der Waals surface area contributed by atoms with E-state index in [-0.39, 0.29) is 0 Å². The predicted molar refractivity (Wildman–Crippen MR) is 85.9 cm³/mol. The number of nitrogens with two attached hydrogens (primary N) is 1. The quantitative estimate of drug-likeness (QED) is 0.724. The molecule has 3 nitrogen and oxygen atoms in total. The van der Waals surface area contributed by atoms with Crippen LogP contribution in [0.15, 0.2) is 47.6 Å². The summed E-state index contributed by atoms with van der Waals surface area (Å²) in [4.78, 5) is 10.2. The number of aromatic nitrogens is 2. The zero-order valence-corrected chi connectivity index (χ0v) is 12.2. The highest BCUT2D eigenvalue weighted by Gasteiger charge is 2.11. The number of rotatable bonds is 2. The summed E-state index contributed by atoms with van der Waals surface area (Å²) in [6.45, 7) is 2.01. The van der Waals surface area contributed by atoms with Crippen molar-refractivity contribution >= 4 is 28.4 Å². The molecule has 2 N–H and O–H groups in total. The van der Waals surface area contributed by atoms with E-state index in [1.807, 2.05) is 49.8 Å². The molecule has 2 heterocycles. The van der Waals surface area contributed by atoms with Gasteiger partial charge in [0.2, 0.25) is 0 Å². The fraction of sp³-hybridized carbons (Fsp3) is 0.125. The maximum atomic E-state index is 6.26. The molecule has 100 valence electrons. The number of hydrogen-bond acceptors (Lipinski definition) is 4. The summed E-state index contributed by atoms with van der Waals surface area (Å²) in [6.07, 6.45) is 5.73. The first kappa shape index (κ1) is 12.9. The number of nitrogen functional groups attached to an aromatic ring is 1. The Morgan fingerprint density at radius 1 is 1.15 bits per heavy atom. The van der Waals surface area contributed by atoms with Gasteiger partial charge in [0.05, 0.1) is 11.2 Å². The van der Waals surface area contributed by atoms with Crippen molar-refractivity contribution in [2.75, 3.05) is 12.0 Å². The summed E-state index contributed by atoms with van der Waals surface area (Å²) in [5.74, 6) is 0. The van der Waals surface area contributed by atoms with Gasteiger partial charge < -0.3 is 5.73 Å². The molecule has 0 bridgehead atoms. The Kier molecular flexibility index (Phi) is 3.32. The lowest BCUT2D eigenvalue weighted by Crippen LogP contribution is -1.98. The topological polar surface area (TPSA) is 51.8 Å². The summed E-state index contributed by atoms with van der Waals surface area (Å²) in [7, 11) is 0. The smallest absolute Gasteiger partial charge is 0.0775 e. The molecule has 0 radical (unpaired) electrons. The Labute approximate surface area is 122 Å². The lowest BCUT2D eigenvalue weighted by molar-refractivity contribution is 1.22. The Bertz CT molecular complexity index is 784. The standard InChI is InChI=1S/C16H15N3S/c1-10-15(17)13-5-3-4-6-14(13)19-16(10)11-7-12(20-2)9-18-8-11/h3-9H,1-2H3,(H2,17,19). The molecule has 20 heavy (non-hydrogen) atoms.